The number of amides is 2. The van der Waals surface area contributed by atoms with E-state index in [0.29, 0.717) is 17.3 Å². The van der Waals surface area contributed by atoms with Crippen LogP contribution < -0.4 is 21.1 Å². The van der Waals surface area contributed by atoms with E-state index in [1.165, 1.54) is 6.33 Å². The molecule has 0 saturated carbocycles. The van der Waals surface area contributed by atoms with Gasteiger partial charge in [0, 0.05) is 16.3 Å². The zero-order valence-electron chi connectivity index (χ0n) is 15.8. The van der Waals surface area contributed by atoms with Crippen molar-refractivity contribution in [1.82, 2.24) is 9.97 Å². The Kier molecular flexibility index (Phi) is 5.24. The van der Waals surface area contributed by atoms with Crippen LogP contribution in [0.2, 0.25) is 5.02 Å². The van der Waals surface area contributed by atoms with Gasteiger partial charge in [-0.15, -0.1) is 0 Å². The van der Waals surface area contributed by atoms with E-state index >= 15 is 0 Å². The smallest absolute Gasteiger partial charge is 0.267 e. The Morgan fingerprint density at radius 1 is 1.17 bits per heavy atom. The number of nitrogens with two attached hydrogens (primary N) is 2. The van der Waals surface area contributed by atoms with Gasteiger partial charge in [0.1, 0.15) is 24.3 Å². The van der Waals surface area contributed by atoms with Crippen molar-refractivity contribution in [3.05, 3.63) is 64.9 Å². The van der Waals surface area contributed by atoms with Gasteiger partial charge in [-0.1, -0.05) is 35.9 Å². The van der Waals surface area contributed by atoms with Crippen LogP contribution in [-0.2, 0) is 11.2 Å². The Morgan fingerprint density at radius 2 is 1.93 bits per heavy atom. The molecule has 0 fully saturated rings. The molecule has 1 aliphatic heterocycles. The summed E-state index contributed by atoms with van der Waals surface area (Å²) in [5.41, 5.74) is 14.4. The number of halogens is 1. The predicted molar refractivity (Wildman–Crippen MR) is 113 cm³/mol. The molecule has 0 spiro atoms. The van der Waals surface area contributed by atoms with Crippen molar-refractivity contribution in [3.8, 4) is 17.0 Å². The number of hydrogen-bond donors (Lipinski definition) is 2. The van der Waals surface area contributed by atoms with E-state index in [9.17, 15) is 9.59 Å². The second-order valence-corrected chi connectivity index (χ2v) is 7.16. The van der Waals surface area contributed by atoms with Crippen LogP contribution >= 0.6 is 11.6 Å². The minimum Gasteiger partial charge on any atom is -0.475 e. The summed E-state index contributed by atoms with van der Waals surface area (Å²) in [5.74, 6) is -0.463. The molecule has 0 aliphatic carbocycles. The van der Waals surface area contributed by atoms with E-state index in [2.05, 4.69) is 9.97 Å². The molecule has 1 aromatic heterocycles. The van der Waals surface area contributed by atoms with Crippen molar-refractivity contribution in [2.45, 2.75) is 6.42 Å². The van der Waals surface area contributed by atoms with Crippen molar-refractivity contribution in [1.29, 1.82) is 0 Å². The number of rotatable bonds is 4. The quantitative estimate of drug-likeness (QED) is 0.664. The largest absolute Gasteiger partial charge is 0.475 e. The fourth-order valence-electron chi connectivity index (χ4n) is 3.33. The monoisotopic (exact) mass is 423 g/mol. The highest BCUT2D eigenvalue weighted by atomic mass is 35.5. The van der Waals surface area contributed by atoms with Crippen molar-refractivity contribution in [2.75, 3.05) is 23.8 Å². The number of aromatic nitrogens is 2. The van der Waals surface area contributed by atoms with Gasteiger partial charge in [-0.25, -0.2) is 9.97 Å². The summed E-state index contributed by atoms with van der Waals surface area (Å²) in [7, 11) is 0. The first-order valence-electron chi connectivity index (χ1n) is 9.16. The van der Waals surface area contributed by atoms with Crippen molar-refractivity contribution in [2.24, 2.45) is 5.73 Å². The van der Waals surface area contributed by atoms with Crippen LogP contribution in [0, 0.1) is 0 Å². The molecule has 152 valence electrons. The summed E-state index contributed by atoms with van der Waals surface area (Å²) in [6, 6.07) is 12.8. The summed E-state index contributed by atoms with van der Waals surface area (Å²) in [5, 5.41) is 0.514. The lowest BCUT2D eigenvalue weighted by molar-refractivity contribution is -0.117. The topological polar surface area (TPSA) is 124 Å². The molecule has 4 rings (SSSR count). The van der Waals surface area contributed by atoms with E-state index in [0.717, 1.165) is 16.7 Å². The number of carbonyl (C=O) groups is 2. The molecule has 0 atom stereocenters. The Morgan fingerprint density at radius 3 is 2.63 bits per heavy atom. The molecule has 9 heteroatoms. The van der Waals surface area contributed by atoms with Crippen LogP contribution in [0.1, 0.15) is 15.9 Å². The van der Waals surface area contributed by atoms with Crippen LogP contribution in [0.4, 0.5) is 11.5 Å². The standard InChI is InChI=1S/C21H18ClN5O3/c22-16-9-12(10-17(23)28)1-6-15(16)13-2-4-14(5-3-13)27-7-8-30-20-18(21(27)29)19(24)25-11-26-20/h1-6,9,11H,7-8,10H2,(H2,23,28)(H2,24,25,26). The van der Waals surface area contributed by atoms with Crippen LogP contribution in [0.25, 0.3) is 11.1 Å². The van der Waals surface area contributed by atoms with Gasteiger partial charge in [0.25, 0.3) is 5.91 Å². The van der Waals surface area contributed by atoms with Crippen molar-refractivity contribution >= 4 is 34.9 Å². The van der Waals surface area contributed by atoms with Gasteiger partial charge < -0.3 is 21.1 Å². The van der Waals surface area contributed by atoms with Gasteiger partial charge >= 0.3 is 0 Å². The number of ether oxygens (including phenoxy) is 1. The Hall–Kier alpha value is -3.65. The molecular formula is C21H18ClN5O3. The fourth-order valence-corrected chi connectivity index (χ4v) is 3.65. The SMILES string of the molecule is NC(=O)Cc1ccc(-c2ccc(N3CCOc4ncnc(N)c4C3=O)cc2)c(Cl)c1. The third-order valence-corrected chi connectivity index (χ3v) is 5.07. The summed E-state index contributed by atoms with van der Waals surface area (Å²) in [6.07, 6.45) is 1.40. The molecule has 0 saturated heterocycles. The van der Waals surface area contributed by atoms with Gasteiger partial charge in [0.2, 0.25) is 11.8 Å². The lowest BCUT2D eigenvalue weighted by Crippen LogP contribution is -2.32. The van der Waals surface area contributed by atoms with Crippen LogP contribution in [0.15, 0.2) is 48.8 Å². The van der Waals surface area contributed by atoms with Gasteiger partial charge in [0.05, 0.1) is 13.0 Å². The second-order valence-electron chi connectivity index (χ2n) is 6.75. The maximum atomic E-state index is 13.0. The molecule has 3 aromatic rings. The van der Waals surface area contributed by atoms with Crippen LogP contribution in [0.3, 0.4) is 0 Å². The van der Waals surface area contributed by atoms with E-state index in [4.69, 9.17) is 27.8 Å². The van der Waals surface area contributed by atoms with E-state index in [1.54, 1.807) is 11.0 Å². The molecule has 0 radical (unpaired) electrons. The number of primary amides is 1. The lowest BCUT2D eigenvalue weighted by atomic mass is 10.0. The number of carbonyl (C=O) groups excluding carboxylic acids is 2. The van der Waals surface area contributed by atoms with E-state index in [1.807, 2.05) is 36.4 Å². The number of fused-ring (bicyclic) bond motifs is 1. The number of nitrogens with zero attached hydrogens (tertiary/aromatic N) is 3. The third kappa shape index (κ3) is 3.77. The highest BCUT2D eigenvalue weighted by Crippen LogP contribution is 2.32. The van der Waals surface area contributed by atoms with Crippen molar-refractivity contribution in [3.63, 3.8) is 0 Å². The first kappa shape index (κ1) is 19.7. The molecule has 1 aliphatic rings. The summed E-state index contributed by atoms with van der Waals surface area (Å²) >= 11 is 6.39. The third-order valence-electron chi connectivity index (χ3n) is 4.76. The van der Waals surface area contributed by atoms with Crippen LogP contribution in [-0.4, -0.2) is 34.9 Å². The first-order chi connectivity index (χ1) is 14.4. The average Bonchev–Trinajstić information content (AvgIpc) is 2.87. The minimum absolute atomic E-state index is 0.0800. The van der Waals surface area contributed by atoms with Crippen LogP contribution in [0.5, 0.6) is 5.88 Å². The lowest BCUT2D eigenvalue weighted by Gasteiger charge is -2.20. The normalized spacial score (nSPS) is 13.4. The number of hydrogen-bond acceptors (Lipinski definition) is 6. The Bertz CT molecular complexity index is 1130. The van der Waals surface area contributed by atoms with Gasteiger partial charge in [-0.3, -0.25) is 9.59 Å². The predicted octanol–water partition coefficient (Wildman–Crippen LogP) is 2.45. The minimum atomic E-state index is -0.415. The van der Waals surface area contributed by atoms with Crippen molar-refractivity contribution < 1.29 is 14.3 Å². The fraction of sp³-hybridized carbons (Fsp3) is 0.143. The van der Waals surface area contributed by atoms with E-state index in [-0.39, 0.29) is 36.2 Å². The summed E-state index contributed by atoms with van der Waals surface area (Å²) in [6.45, 7) is 0.626. The van der Waals surface area contributed by atoms with Gasteiger partial charge in [-0.2, -0.15) is 0 Å². The number of anilines is 2. The molecule has 0 unspecified atom stereocenters. The molecule has 2 amide bonds. The molecule has 0 bridgehead atoms. The Labute approximate surface area is 177 Å². The summed E-state index contributed by atoms with van der Waals surface area (Å²) in [4.78, 5) is 33.6. The second kappa shape index (κ2) is 8.00. The zero-order valence-corrected chi connectivity index (χ0v) is 16.6. The molecule has 2 aromatic carbocycles. The maximum absolute atomic E-state index is 13.0. The molecule has 4 N–H and O–H groups in total. The number of nitrogen functional groups attached to an aromatic ring is 1. The average molecular weight is 424 g/mol. The molecule has 8 nitrogen and oxygen atoms in total. The highest BCUT2D eigenvalue weighted by Gasteiger charge is 2.28. The Balaban J connectivity index is 1.62. The zero-order chi connectivity index (χ0) is 21.3. The number of benzene rings is 2. The maximum Gasteiger partial charge on any atom is 0.267 e. The summed E-state index contributed by atoms with van der Waals surface area (Å²) < 4.78 is 5.55. The molecular weight excluding hydrogens is 406 g/mol. The highest BCUT2D eigenvalue weighted by molar-refractivity contribution is 6.33. The first-order valence-corrected chi connectivity index (χ1v) is 9.54. The molecule has 30 heavy (non-hydrogen) atoms. The molecule has 2 heterocycles. The van der Waals surface area contributed by atoms with Gasteiger partial charge in [0.15, 0.2) is 0 Å². The van der Waals surface area contributed by atoms with E-state index < -0.39 is 5.91 Å². The van der Waals surface area contributed by atoms with Gasteiger partial charge in [-0.05, 0) is 29.3 Å².